The van der Waals surface area contributed by atoms with Crippen LogP contribution in [0.4, 0.5) is 0 Å². The van der Waals surface area contributed by atoms with Gasteiger partial charge in [-0.15, -0.1) is 11.6 Å². The topological polar surface area (TPSA) is 17.8 Å². The maximum absolute atomic E-state index is 6.29. The highest BCUT2D eigenvalue weighted by molar-refractivity contribution is 9.10. The number of hydrogen-bond donors (Lipinski definition) is 0. The second-order valence-electron chi connectivity index (χ2n) is 4.23. The van der Waals surface area contributed by atoms with Crippen LogP contribution in [0.25, 0.3) is 16.7 Å². The molecule has 1 aromatic heterocycles. The summed E-state index contributed by atoms with van der Waals surface area (Å²) in [4.78, 5) is 4.54. The molecule has 0 amide bonds. The fourth-order valence-electron chi connectivity index (χ4n) is 2.12. The zero-order valence-corrected chi connectivity index (χ0v) is 13.9. The van der Waals surface area contributed by atoms with Crippen molar-refractivity contribution >= 4 is 61.8 Å². The van der Waals surface area contributed by atoms with Gasteiger partial charge in [-0.3, -0.25) is 4.57 Å². The van der Waals surface area contributed by atoms with Crippen LogP contribution in [0.2, 0.25) is 10.0 Å². The third kappa shape index (κ3) is 2.44. The molecule has 6 heteroatoms. The van der Waals surface area contributed by atoms with Crippen LogP contribution in [0.1, 0.15) is 5.82 Å². The van der Waals surface area contributed by atoms with E-state index in [0.29, 0.717) is 10.0 Å². The number of hydrogen-bond acceptors (Lipinski definition) is 1. The van der Waals surface area contributed by atoms with Crippen molar-refractivity contribution in [3.63, 3.8) is 0 Å². The van der Waals surface area contributed by atoms with Gasteiger partial charge in [-0.05, 0) is 36.4 Å². The van der Waals surface area contributed by atoms with Gasteiger partial charge in [0, 0.05) is 9.50 Å². The summed E-state index contributed by atoms with van der Waals surface area (Å²) in [5.41, 5.74) is 2.57. The second kappa shape index (κ2) is 5.57. The lowest BCUT2D eigenvalue weighted by Crippen LogP contribution is -2.00. The summed E-state index contributed by atoms with van der Waals surface area (Å²) in [5.74, 6) is 1.01. The molecule has 0 aliphatic heterocycles. The number of fused-ring (bicyclic) bond motifs is 1. The van der Waals surface area contributed by atoms with Crippen molar-refractivity contribution in [2.45, 2.75) is 5.88 Å². The quantitative estimate of drug-likeness (QED) is 0.503. The van der Waals surface area contributed by atoms with Gasteiger partial charge >= 0.3 is 0 Å². The Morgan fingerprint density at radius 2 is 1.90 bits per heavy atom. The first-order chi connectivity index (χ1) is 9.60. The van der Waals surface area contributed by atoms with Crippen LogP contribution < -0.4 is 0 Å². The number of imidazole rings is 1. The molecule has 20 heavy (non-hydrogen) atoms. The van der Waals surface area contributed by atoms with E-state index in [1.54, 1.807) is 12.1 Å². The van der Waals surface area contributed by atoms with Crippen molar-refractivity contribution in [2.24, 2.45) is 0 Å². The number of aromatic nitrogens is 2. The number of halogens is 4. The van der Waals surface area contributed by atoms with E-state index in [-0.39, 0.29) is 5.88 Å². The minimum atomic E-state index is 0.287. The lowest BCUT2D eigenvalue weighted by Gasteiger charge is -2.10. The van der Waals surface area contributed by atoms with Crippen LogP contribution in [-0.2, 0) is 5.88 Å². The summed E-state index contributed by atoms with van der Waals surface area (Å²) in [6.45, 7) is 0. The molecule has 2 aromatic carbocycles. The number of nitrogens with zero attached hydrogens (tertiary/aromatic N) is 2. The maximum atomic E-state index is 6.29. The average molecular weight is 390 g/mol. The van der Waals surface area contributed by atoms with Gasteiger partial charge in [0.15, 0.2) is 0 Å². The molecular formula is C14H8BrCl3N2. The highest BCUT2D eigenvalue weighted by atomic mass is 79.9. The van der Waals surface area contributed by atoms with Crippen LogP contribution in [0.3, 0.4) is 0 Å². The molecule has 0 fully saturated rings. The SMILES string of the molecule is ClCc1nc2cc(Br)ccc2n1-c1cc(Cl)ccc1Cl. The fourth-order valence-corrected chi connectivity index (χ4v) is 3.02. The Kier molecular flexibility index (Phi) is 3.95. The van der Waals surface area contributed by atoms with Gasteiger partial charge in [-0.2, -0.15) is 0 Å². The van der Waals surface area contributed by atoms with Crippen molar-refractivity contribution in [3.05, 3.63) is 56.7 Å². The Morgan fingerprint density at radius 3 is 2.65 bits per heavy atom. The normalized spacial score (nSPS) is 11.2. The third-order valence-electron chi connectivity index (χ3n) is 2.95. The number of rotatable bonds is 2. The third-order valence-corrected chi connectivity index (χ3v) is 4.24. The van der Waals surface area contributed by atoms with E-state index in [1.807, 2.05) is 28.8 Å². The van der Waals surface area contributed by atoms with Crippen molar-refractivity contribution in [1.29, 1.82) is 0 Å². The zero-order valence-electron chi connectivity index (χ0n) is 10.1. The Labute approximate surface area is 139 Å². The summed E-state index contributed by atoms with van der Waals surface area (Å²) in [6.07, 6.45) is 0. The van der Waals surface area contributed by atoms with Gasteiger partial charge in [0.1, 0.15) is 5.82 Å². The van der Waals surface area contributed by atoms with E-state index < -0.39 is 0 Å². The molecule has 3 rings (SSSR count). The minimum Gasteiger partial charge on any atom is -0.294 e. The largest absolute Gasteiger partial charge is 0.294 e. The van der Waals surface area contributed by atoms with E-state index in [9.17, 15) is 0 Å². The highest BCUT2D eigenvalue weighted by Gasteiger charge is 2.14. The Balaban J connectivity index is 2.37. The fraction of sp³-hybridized carbons (Fsp3) is 0.0714. The molecule has 0 atom stereocenters. The van der Waals surface area contributed by atoms with E-state index in [2.05, 4.69) is 20.9 Å². The van der Waals surface area contributed by atoms with Crippen LogP contribution in [0.5, 0.6) is 0 Å². The van der Waals surface area contributed by atoms with Crippen molar-refractivity contribution in [2.75, 3.05) is 0 Å². The molecule has 102 valence electrons. The molecule has 3 aromatic rings. The van der Waals surface area contributed by atoms with Gasteiger partial charge in [0.2, 0.25) is 0 Å². The molecular weight excluding hydrogens is 382 g/mol. The van der Waals surface area contributed by atoms with Gasteiger partial charge in [-0.1, -0.05) is 39.1 Å². The molecule has 0 aliphatic rings. The van der Waals surface area contributed by atoms with Gasteiger partial charge in [-0.25, -0.2) is 4.98 Å². The van der Waals surface area contributed by atoms with Gasteiger partial charge < -0.3 is 0 Å². The van der Waals surface area contributed by atoms with Gasteiger partial charge in [0.25, 0.3) is 0 Å². The number of alkyl halides is 1. The molecule has 2 nitrogen and oxygen atoms in total. The zero-order chi connectivity index (χ0) is 14.3. The Bertz CT molecular complexity index is 798. The standard InChI is InChI=1S/C14H8BrCl3N2/c15-8-1-4-12-11(5-8)19-14(7-16)20(12)13-6-9(17)2-3-10(13)18/h1-6H,7H2. The molecule has 0 radical (unpaired) electrons. The van der Waals surface area contributed by atoms with Crippen LogP contribution >= 0.6 is 50.7 Å². The summed E-state index contributed by atoms with van der Waals surface area (Å²) >= 11 is 21.8. The monoisotopic (exact) mass is 388 g/mol. The predicted molar refractivity (Wildman–Crippen MR) is 88.3 cm³/mol. The smallest absolute Gasteiger partial charge is 0.129 e. The lowest BCUT2D eigenvalue weighted by molar-refractivity contribution is 0.982. The van der Waals surface area contributed by atoms with Crippen molar-refractivity contribution in [1.82, 2.24) is 9.55 Å². The molecule has 0 N–H and O–H groups in total. The summed E-state index contributed by atoms with van der Waals surface area (Å²) in [5, 5.41) is 1.21. The van der Waals surface area contributed by atoms with Crippen molar-refractivity contribution in [3.8, 4) is 5.69 Å². The molecule has 0 unspecified atom stereocenters. The van der Waals surface area contributed by atoms with E-state index in [0.717, 1.165) is 27.0 Å². The Morgan fingerprint density at radius 1 is 1.10 bits per heavy atom. The van der Waals surface area contributed by atoms with Crippen LogP contribution in [0, 0.1) is 0 Å². The van der Waals surface area contributed by atoms with E-state index >= 15 is 0 Å². The van der Waals surface area contributed by atoms with Gasteiger partial charge in [0.05, 0.1) is 27.6 Å². The van der Waals surface area contributed by atoms with Crippen LogP contribution in [0.15, 0.2) is 40.9 Å². The highest BCUT2D eigenvalue weighted by Crippen LogP contribution is 2.30. The molecule has 0 aliphatic carbocycles. The molecule has 0 spiro atoms. The maximum Gasteiger partial charge on any atom is 0.129 e. The molecule has 0 saturated heterocycles. The minimum absolute atomic E-state index is 0.287. The van der Waals surface area contributed by atoms with E-state index in [1.165, 1.54) is 0 Å². The van der Waals surface area contributed by atoms with E-state index in [4.69, 9.17) is 34.8 Å². The first-order valence-corrected chi connectivity index (χ1v) is 7.87. The summed E-state index contributed by atoms with van der Waals surface area (Å²) < 4.78 is 2.90. The Hall–Kier alpha value is -0.740. The first-order valence-electron chi connectivity index (χ1n) is 5.78. The lowest BCUT2D eigenvalue weighted by atomic mass is 10.2. The molecule has 0 saturated carbocycles. The second-order valence-corrected chi connectivity index (χ2v) is 6.25. The summed E-state index contributed by atoms with van der Waals surface area (Å²) in [6, 6.07) is 11.2. The summed E-state index contributed by atoms with van der Waals surface area (Å²) in [7, 11) is 0. The first kappa shape index (κ1) is 14.2. The molecule has 1 heterocycles. The number of benzene rings is 2. The predicted octanol–water partition coefficient (Wildman–Crippen LogP) is 5.83. The van der Waals surface area contributed by atoms with Crippen molar-refractivity contribution < 1.29 is 0 Å². The average Bonchev–Trinajstić information content (AvgIpc) is 2.78. The molecule has 0 bridgehead atoms. The van der Waals surface area contributed by atoms with Crippen LogP contribution in [-0.4, -0.2) is 9.55 Å².